The molecular formula is C45H49N5O2. The Kier molecular flexibility index (Phi) is 11.3. The van der Waals surface area contributed by atoms with Gasteiger partial charge in [-0.15, -0.1) is 0 Å². The minimum atomic E-state index is -0.482. The third-order valence-corrected chi connectivity index (χ3v) is 9.18. The molecule has 0 spiro atoms. The van der Waals surface area contributed by atoms with Crippen LogP contribution in [0.3, 0.4) is 0 Å². The van der Waals surface area contributed by atoms with Gasteiger partial charge < -0.3 is 10.6 Å². The van der Waals surface area contributed by atoms with E-state index in [1.165, 1.54) is 15.7 Å². The van der Waals surface area contributed by atoms with E-state index in [9.17, 15) is 9.59 Å². The van der Waals surface area contributed by atoms with E-state index in [1.807, 2.05) is 66.7 Å². The topological polar surface area (TPSA) is 79.3 Å². The number of urea groups is 1. The minimum Gasteiger partial charge on any atom is -0.307 e. The van der Waals surface area contributed by atoms with Crippen LogP contribution in [0.25, 0.3) is 22.2 Å². The average Bonchev–Trinajstić information content (AvgIpc) is 3.14. The predicted octanol–water partition coefficient (Wildman–Crippen LogP) is 10.0. The molecular weight excluding hydrogens is 643 g/mol. The highest BCUT2D eigenvalue weighted by Crippen LogP contribution is 2.35. The van der Waals surface area contributed by atoms with Crippen molar-refractivity contribution in [2.75, 3.05) is 17.2 Å². The number of carbonyl (C=O) groups excluding carboxylic acids is 1. The minimum absolute atomic E-state index is 0. The van der Waals surface area contributed by atoms with E-state index in [1.54, 1.807) is 13.2 Å². The number of aromatic nitrogens is 2. The Hall–Kier alpha value is -5.97. The summed E-state index contributed by atoms with van der Waals surface area (Å²) >= 11 is 0. The summed E-state index contributed by atoms with van der Waals surface area (Å²) in [5, 5.41) is 6.81. The summed E-state index contributed by atoms with van der Waals surface area (Å²) < 4.78 is 1.48. The van der Waals surface area contributed by atoms with Gasteiger partial charge in [0.15, 0.2) is 0 Å². The first-order valence-electron chi connectivity index (χ1n) is 17.8. The van der Waals surface area contributed by atoms with Gasteiger partial charge in [0.05, 0.1) is 6.54 Å². The predicted molar refractivity (Wildman–Crippen MR) is 218 cm³/mol. The first kappa shape index (κ1) is 35.8. The monoisotopic (exact) mass is 691 g/mol. The molecule has 0 unspecified atom stereocenters. The van der Waals surface area contributed by atoms with Gasteiger partial charge >= 0.3 is 6.03 Å². The molecule has 0 aliphatic carbocycles. The molecule has 7 heteroatoms. The molecule has 0 fully saturated rings. The molecule has 7 nitrogen and oxygen atoms in total. The SMILES string of the molecule is CC(C)c1cccc(C(C)C)c1NC(=O)Nc1c(-c2cccc(C#CCN(Cc3ccccc3)Cc3ccccc3)c2)c2cccnc2n(C)c1=O.[HH].[HH]. The number of fused-ring (bicyclic) bond motifs is 1. The zero-order chi connectivity index (χ0) is 36.6. The van der Waals surface area contributed by atoms with Crippen molar-refractivity contribution in [3.63, 3.8) is 0 Å². The lowest BCUT2D eigenvalue weighted by Crippen LogP contribution is -2.29. The van der Waals surface area contributed by atoms with Crippen LogP contribution in [-0.2, 0) is 20.1 Å². The van der Waals surface area contributed by atoms with Crippen LogP contribution in [0.2, 0.25) is 0 Å². The quantitative estimate of drug-likeness (QED) is 0.140. The standard InChI is InChI=1S/C45H45N5O2.2H2/c1-31(2)37-23-13-24-38(32(3)4)41(37)47-45(52)48-42-40(39-25-14-26-46-43(39)49(5)44(42)51)36-22-12-20-33(28-36)21-15-27-50(29-34-16-8-6-9-17-34)30-35-18-10-7-11-19-35;;/h6-14,16-20,22-26,28,31-32H,27,29-30H2,1-5H3,(H2,47,48,52);2*1H. The molecule has 2 amide bonds. The van der Waals surface area contributed by atoms with Gasteiger partial charge in [-0.25, -0.2) is 9.78 Å². The Bertz CT molecular complexity index is 2250. The number of amides is 2. The summed E-state index contributed by atoms with van der Waals surface area (Å²) in [5.41, 5.74) is 7.81. The second-order valence-corrected chi connectivity index (χ2v) is 13.7. The largest absolute Gasteiger partial charge is 0.323 e. The number of nitrogens with zero attached hydrogens (tertiary/aromatic N) is 3. The van der Waals surface area contributed by atoms with E-state index >= 15 is 0 Å². The van der Waals surface area contributed by atoms with Crippen molar-refractivity contribution < 1.29 is 7.65 Å². The molecule has 0 aliphatic rings. The van der Waals surface area contributed by atoms with Crippen LogP contribution in [0.15, 0.2) is 126 Å². The molecule has 0 saturated carbocycles. The summed E-state index contributed by atoms with van der Waals surface area (Å²) in [5.74, 6) is 7.15. The molecule has 0 bridgehead atoms. The zero-order valence-electron chi connectivity index (χ0n) is 30.5. The van der Waals surface area contributed by atoms with Crippen LogP contribution in [0.4, 0.5) is 16.2 Å². The molecule has 0 aliphatic heterocycles. The van der Waals surface area contributed by atoms with Gasteiger partial charge in [0.2, 0.25) is 0 Å². The maximum atomic E-state index is 14.0. The number of carbonyl (C=O) groups is 1. The lowest BCUT2D eigenvalue weighted by molar-refractivity contribution is 0.262. The Morgan fingerprint density at radius 2 is 1.37 bits per heavy atom. The smallest absolute Gasteiger partial charge is 0.307 e. The fourth-order valence-electron chi connectivity index (χ4n) is 6.59. The Morgan fingerprint density at radius 3 is 1.98 bits per heavy atom. The van der Waals surface area contributed by atoms with E-state index in [2.05, 4.69) is 109 Å². The lowest BCUT2D eigenvalue weighted by atomic mass is 9.93. The van der Waals surface area contributed by atoms with Crippen LogP contribution in [-0.4, -0.2) is 27.0 Å². The molecule has 0 saturated heterocycles. The van der Waals surface area contributed by atoms with Crippen molar-refractivity contribution in [3.05, 3.63) is 160 Å². The number of anilines is 2. The van der Waals surface area contributed by atoms with Crippen molar-refractivity contribution >= 4 is 28.4 Å². The number of para-hydroxylation sites is 1. The number of nitrogens with one attached hydrogen (secondary N) is 2. The Labute approximate surface area is 309 Å². The van der Waals surface area contributed by atoms with Crippen molar-refractivity contribution in [1.29, 1.82) is 0 Å². The van der Waals surface area contributed by atoms with Crippen molar-refractivity contribution in [3.8, 4) is 23.0 Å². The number of hydrogen-bond donors (Lipinski definition) is 2. The van der Waals surface area contributed by atoms with Crippen LogP contribution >= 0.6 is 0 Å². The van der Waals surface area contributed by atoms with Crippen LogP contribution in [0.5, 0.6) is 0 Å². The summed E-state index contributed by atoms with van der Waals surface area (Å²) in [6, 6.07) is 38.0. The molecule has 4 aromatic carbocycles. The maximum absolute atomic E-state index is 14.0. The number of pyridine rings is 2. The van der Waals surface area contributed by atoms with Crippen molar-refractivity contribution in [2.24, 2.45) is 7.05 Å². The summed E-state index contributed by atoms with van der Waals surface area (Å²) in [4.78, 5) is 34.7. The molecule has 0 radical (unpaired) electrons. The molecule has 6 aromatic rings. The van der Waals surface area contributed by atoms with E-state index in [-0.39, 0.29) is 25.9 Å². The molecule has 0 atom stereocenters. The second-order valence-electron chi connectivity index (χ2n) is 13.7. The first-order chi connectivity index (χ1) is 25.2. The van der Waals surface area contributed by atoms with Gasteiger partial charge in [0.1, 0.15) is 11.3 Å². The van der Waals surface area contributed by atoms with E-state index in [0.717, 1.165) is 46.4 Å². The van der Waals surface area contributed by atoms with E-state index in [0.29, 0.717) is 17.8 Å². The fraction of sp³-hybridized carbons (Fsp3) is 0.222. The second kappa shape index (κ2) is 16.4. The van der Waals surface area contributed by atoms with Gasteiger partial charge in [0, 0.05) is 51.4 Å². The molecule has 6 rings (SSSR count). The fourth-order valence-corrected chi connectivity index (χ4v) is 6.59. The van der Waals surface area contributed by atoms with Crippen LogP contribution < -0.4 is 16.2 Å². The highest BCUT2D eigenvalue weighted by molar-refractivity contribution is 6.07. The maximum Gasteiger partial charge on any atom is 0.323 e. The van der Waals surface area contributed by atoms with Crippen LogP contribution in [0.1, 0.15) is 70.2 Å². The number of rotatable bonds is 10. The van der Waals surface area contributed by atoms with Crippen molar-refractivity contribution in [1.82, 2.24) is 14.5 Å². The van der Waals surface area contributed by atoms with Gasteiger partial charge in [0.25, 0.3) is 5.56 Å². The third kappa shape index (κ3) is 8.31. The Morgan fingerprint density at radius 1 is 0.769 bits per heavy atom. The number of aryl methyl sites for hydroxylation is 1. The highest BCUT2D eigenvalue weighted by Gasteiger charge is 2.22. The third-order valence-electron chi connectivity index (χ3n) is 9.18. The zero-order valence-corrected chi connectivity index (χ0v) is 30.5. The van der Waals surface area contributed by atoms with Gasteiger partial charge in [-0.3, -0.25) is 14.3 Å². The van der Waals surface area contributed by atoms with Crippen molar-refractivity contribution in [2.45, 2.75) is 52.6 Å². The molecule has 2 N–H and O–H groups in total. The highest BCUT2D eigenvalue weighted by atomic mass is 16.2. The first-order valence-corrected chi connectivity index (χ1v) is 17.8. The summed E-state index contributed by atoms with van der Waals surface area (Å²) in [6.07, 6.45) is 1.67. The van der Waals surface area contributed by atoms with Gasteiger partial charge in [-0.1, -0.05) is 131 Å². The normalized spacial score (nSPS) is 11.2. The number of hydrogen-bond acceptors (Lipinski definition) is 4. The number of benzene rings is 4. The van der Waals surface area contributed by atoms with Crippen LogP contribution in [0, 0.1) is 11.8 Å². The summed E-state index contributed by atoms with van der Waals surface area (Å²) in [7, 11) is 1.67. The van der Waals surface area contributed by atoms with E-state index < -0.39 is 6.03 Å². The molecule has 2 heterocycles. The average molecular weight is 692 g/mol. The molecule has 266 valence electrons. The van der Waals surface area contributed by atoms with E-state index in [4.69, 9.17) is 0 Å². The lowest BCUT2D eigenvalue weighted by Gasteiger charge is -2.21. The van der Waals surface area contributed by atoms with Gasteiger partial charge in [-0.05, 0) is 63.9 Å². The molecule has 2 aromatic heterocycles. The Balaban J connectivity index is 0.00000325. The summed E-state index contributed by atoms with van der Waals surface area (Å²) in [6.45, 7) is 10.5. The molecule has 52 heavy (non-hydrogen) atoms. The van der Waals surface area contributed by atoms with Gasteiger partial charge in [-0.2, -0.15) is 0 Å².